The number of hydrogen-bond donors (Lipinski definition) is 1. The molecular weight excluding hydrogens is 415 g/mol. The first-order valence-electron chi connectivity index (χ1n) is 10.7. The molecule has 6 heteroatoms. The number of carboxylic acid groups (broad SMARTS) is 1. The number of anilines is 1. The molecule has 31 heavy (non-hydrogen) atoms. The van der Waals surface area contributed by atoms with Crippen LogP contribution in [0, 0.1) is 0 Å². The van der Waals surface area contributed by atoms with Gasteiger partial charge in [0.25, 0.3) is 0 Å². The van der Waals surface area contributed by atoms with Crippen LogP contribution in [0.25, 0.3) is 11.3 Å². The van der Waals surface area contributed by atoms with Crippen LogP contribution in [0.1, 0.15) is 66.9 Å². The van der Waals surface area contributed by atoms with Crippen LogP contribution < -0.4 is 4.90 Å². The number of benzene rings is 2. The monoisotopic (exact) mass is 444 g/mol. The van der Waals surface area contributed by atoms with E-state index in [4.69, 9.17) is 4.98 Å². The van der Waals surface area contributed by atoms with E-state index in [1.54, 1.807) is 23.5 Å². The van der Waals surface area contributed by atoms with Gasteiger partial charge in [-0.3, -0.25) is 0 Å². The van der Waals surface area contributed by atoms with Crippen LogP contribution in [0.15, 0.2) is 53.9 Å². The number of thiazole rings is 1. The average Bonchev–Trinajstić information content (AvgIpc) is 3.45. The van der Waals surface area contributed by atoms with E-state index in [0.29, 0.717) is 24.1 Å². The molecule has 1 heterocycles. The molecule has 1 aliphatic carbocycles. The topological polar surface area (TPSA) is 53.4 Å². The summed E-state index contributed by atoms with van der Waals surface area (Å²) < 4.78 is 0. The molecule has 0 aliphatic heterocycles. The predicted octanol–water partition coefficient (Wildman–Crippen LogP) is 5.93. The first kappa shape index (κ1) is 24.0. The van der Waals surface area contributed by atoms with Crippen molar-refractivity contribution in [3.8, 4) is 11.3 Å². The molecule has 1 aromatic heterocycles. The van der Waals surface area contributed by atoms with Gasteiger partial charge in [-0.1, -0.05) is 63.1 Å². The number of hydrogen-bond acceptors (Lipinski definition) is 4. The molecule has 0 bridgehead atoms. The molecular formula is C25H29N2NaO2S. The molecule has 2 aromatic carbocycles. The Hall–Kier alpha value is -1.66. The number of carbonyl (C=O) groups is 1. The first-order valence-corrected chi connectivity index (χ1v) is 11.5. The van der Waals surface area contributed by atoms with Gasteiger partial charge >= 0.3 is 35.5 Å². The van der Waals surface area contributed by atoms with Crippen LogP contribution >= 0.6 is 11.3 Å². The van der Waals surface area contributed by atoms with Gasteiger partial charge in [-0.25, -0.2) is 9.78 Å². The van der Waals surface area contributed by atoms with Gasteiger partial charge in [0, 0.05) is 23.5 Å². The Balaban J connectivity index is 0.00000272. The van der Waals surface area contributed by atoms with E-state index >= 15 is 0 Å². The standard InChI is InChI=1S/C25H28N2O2S.Na.H/c1-17(2)19-10-12-20(13-11-19)23-16-30-25(26-23)27(22-8-3-4-9-22)15-18-6-5-7-21(14-18)24(28)29;;/h5-7,10-14,16-17,22H,3-4,8-9,15H2,1-2H3,(H,28,29);;. The molecule has 0 spiro atoms. The van der Waals surface area contributed by atoms with E-state index in [1.807, 2.05) is 12.1 Å². The van der Waals surface area contributed by atoms with Crippen LogP contribution in [-0.2, 0) is 6.54 Å². The SMILES string of the molecule is CC(C)c1ccc(-c2csc(N(Cc3cccc(C(=O)O)c3)C3CCCC3)n2)cc1.[NaH]. The summed E-state index contributed by atoms with van der Waals surface area (Å²) in [7, 11) is 0. The molecule has 0 amide bonds. The summed E-state index contributed by atoms with van der Waals surface area (Å²) in [5.41, 5.74) is 4.83. The van der Waals surface area contributed by atoms with Crippen LogP contribution in [0.3, 0.4) is 0 Å². The molecule has 0 radical (unpaired) electrons. The second-order valence-electron chi connectivity index (χ2n) is 8.36. The molecule has 1 saturated carbocycles. The van der Waals surface area contributed by atoms with Crippen molar-refractivity contribution in [2.75, 3.05) is 4.90 Å². The average molecular weight is 445 g/mol. The summed E-state index contributed by atoms with van der Waals surface area (Å²) in [6.45, 7) is 5.09. The quantitative estimate of drug-likeness (QED) is 0.459. The van der Waals surface area contributed by atoms with Gasteiger partial charge in [0.15, 0.2) is 5.13 Å². The van der Waals surface area contributed by atoms with Gasteiger partial charge in [-0.2, -0.15) is 0 Å². The zero-order valence-electron chi connectivity index (χ0n) is 17.5. The van der Waals surface area contributed by atoms with Gasteiger partial charge < -0.3 is 10.0 Å². The van der Waals surface area contributed by atoms with Crippen LogP contribution in [-0.4, -0.2) is 51.7 Å². The van der Waals surface area contributed by atoms with Gasteiger partial charge in [0.05, 0.1) is 11.3 Å². The van der Waals surface area contributed by atoms with Crippen molar-refractivity contribution in [3.63, 3.8) is 0 Å². The summed E-state index contributed by atoms with van der Waals surface area (Å²) >= 11 is 1.68. The summed E-state index contributed by atoms with van der Waals surface area (Å²) in [5.74, 6) is -0.366. The summed E-state index contributed by atoms with van der Waals surface area (Å²) in [5, 5.41) is 12.5. The molecule has 0 unspecified atom stereocenters. The minimum absolute atomic E-state index is 0. The fraction of sp³-hybridized carbons (Fsp3) is 0.360. The van der Waals surface area contributed by atoms with Crippen molar-refractivity contribution in [3.05, 3.63) is 70.6 Å². The third kappa shape index (κ3) is 5.78. The van der Waals surface area contributed by atoms with Gasteiger partial charge in [0.1, 0.15) is 0 Å². The third-order valence-electron chi connectivity index (χ3n) is 5.90. The van der Waals surface area contributed by atoms with E-state index in [2.05, 4.69) is 48.4 Å². The normalized spacial score (nSPS) is 13.9. The second-order valence-corrected chi connectivity index (χ2v) is 9.20. The second kappa shape index (κ2) is 10.8. The number of rotatable bonds is 7. The minimum atomic E-state index is -0.884. The van der Waals surface area contributed by atoms with Crippen LogP contribution in [0.2, 0.25) is 0 Å². The maximum atomic E-state index is 11.4. The van der Waals surface area contributed by atoms with Crippen molar-refractivity contribution in [2.45, 2.75) is 58.0 Å². The Kier molecular flexibility index (Phi) is 8.34. The molecule has 158 valence electrons. The Morgan fingerprint density at radius 3 is 2.52 bits per heavy atom. The summed E-state index contributed by atoms with van der Waals surface area (Å²) in [4.78, 5) is 18.7. The molecule has 4 rings (SSSR count). The van der Waals surface area contributed by atoms with Crippen LogP contribution in [0.4, 0.5) is 5.13 Å². The van der Waals surface area contributed by atoms with Gasteiger partial charge in [-0.15, -0.1) is 11.3 Å². The fourth-order valence-electron chi connectivity index (χ4n) is 4.14. The van der Waals surface area contributed by atoms with Crippen molar-refractivity contribution in [1.82, 2.24) is 4.98 Å². The molecule has 1 N–H and O–H groups in total. The maximum absolute atomic E-state index is 11.4. The molecule has 0 saturated heterocycles. The number of aromatic nitrogens is 1. The summed E-state index contributed by atoms with van der Waals surface area (Å²) in [6.07, 6.45) is 4.81. The Morgan fingerprint density at radius 1 is 1.16 bits per heavy atom. The number of aromatic carboxylic acids is 1. The van der Waals surface area contributed by atoms with Gasteiger partial charge in [-0.05, 0) is 42.0 Å². The zero-order chi connectivity index (χ0) is 21.1. The van der Waals surface area contributed by atoms with E-state index < -0.39 is 5.97 Å². The van der Waals surface area contributed by atoms with Crippen LogP contribution in [0.5, 0.6) is 0 Å². The summed E-state index contributed by atoms with van der Waals surface area (Å²) in [6, 6.07) is 16.4. The molecule has 1 aliphatic rings. The van der Waals surface area contributed by atoms with Crippen molar-refractivity contribution < 1.29 is 9.90 Å². The third-order valence-corrected chi connectivity index (χ3v) is 6.78. The fourth-order valence-corrected chi connectivity index (χ4v) is 5.04. The van der Waals surface area contributed by atoms with Gasteiger partial charge in [0.2, 0.25) is 0 Å². The predicted molar refractivity (Wildman–Crippen MR) is 131 cm³/mol. The molecule has 3 aromatic rings. The van der Waals surface area contributed by atoms with E-state index in [-0.39, 0.29) is 29.6 Å². The molecule has 0 atom stereocenters. The molecule has 1 fully saturated rings. The number of carboxylic acids is 1. The first-order chi connectivity index (χ1) is 14.5. The Labute approximate surface area is 210 Å². The van der Waals surface area contributed by atoms with E-state index in [9.17, 15) is 9.90 Å². The van der Waals surface area contributed by atoms with E-state index in [0.717, 1.165) is 34.8 Å². The van der Waals surface area contributed by atoms with Crippen molar-refractivity contribution in [2.24, 2.45) is 0 Å². The Bertz CT molecular complexity index is 1010. The van der Waals surface area contributed by atoms with Crippen molar-refractivity contribution in [1.29, 1.82) is 0 Å². The zero-order valence-corrected chi connectivity index (χ0v) is 18.4. The number of nitrogens with zero attached hydrogens (tertiary/aromatic N) is 2. The Morgan fingerprint density at radius 2 is 1.87 bits per heavy atom. The molecule has 4 nitrogen and oxygen atoms in total. The van der Waals surface area contributed by atoms with E-state index in [1.165, 1.54) is 18.4 Å². The van der Waals surface area contributed by atoms with Crippen molar-refractivity contribution >= 4 is 52.0 Å².